The molecule has 0 aromatic heterocycles. The SMILES string of the molecule is CCNC(=NCc1cccc(OCCN2CCOCC2)c1)NC(C)CCS(C)(=O)=O.I. The Bertz CT molecular complexity index is 770. The lowest BCUT2D eigenvalue weighted by Gasteiger charge is -2.26. The van der Waals surface area contributed by atoms with Gasteiger partial charge in [0.25, 0.3) is 0 Å². The number of halogens is 1. The molecule has 31 heavy (non-hydrogen) atoms. The lowest BCUT2D eigenvalue weighted by molar-refractivity contribution is 0.0322. The van der Waals surface area contributed by atoms with Crippen LogP contribution in [0.2, 0.25) is 0 Å². The number of morpholine rings is 1. The number of nitrogens with zero attached hydrogens (tertiary/aromatic N) is 2. The van der Waals surface area contributed by atoms with E-state index in [2.05, 4.69) is 20.5 Å². The molecule has 1 aromatic carbocycles. The third kappa shape index (κ3) is 12.5. The molecule has 0 radical (unpaired) electrons. The summed E-state index contributed by atoms with van der Waals surface area (Å²) in [6.45, 7) is 10.2. The van der Waals surface area contributed by atoms with Gasteiger partial charge in [-0.1, -0.05) is 12.1 Å². The zero-order chi connectivity index (χ0) is 21.8. The molecule has 1 unspecified atom stereocenters. The summed E-state index contributed by atoms with van der Waals surface area (Å²) in [4.78, 5) is 6.97. The van der Waals surface area contributed by atoms with E-state index in [9.17, 15) is 8.42 Å². The van der Waals surface area contributed by atoms with E-state index in [1.54, 1.807) is 0 Å². The second-order valence-electron chi connectivity index (χ2n) is 7.61. The zero-order valence-electron chi connectivity index (χ0n) is 18.8. The van der Waals surface area contributed by atoms with Crippen LogP contribution in [0.1, 0.15) is 25.8 Å². The van der Waals surface area contributed by atoms with Gasteiger partial charge in [0.1, 0.15) is 22.2 Å². The molecule has 10 heteroatoms. The number of ether oxygens (including phenoxy) is 2. The smallest absolute Gasteiger partial charge is 0.191 e. The number of hydrogen-bond acceptors (Lipinski definition) is 6. The molecular formula is C21H37IN4O4S. The van der Waals surface area contributed by atoms with E-state index in [-0.39, 0.29) is 35.8 Å². The van der Waals surface area contributed by atoms with Gasteiger partial charge >= 0.3 is 0 Å². The first-order valence-corrected chi connectivity index (χ1v) is 12.7. The summed E-state index contributed by atoms with van der Waals surface area (Å²) in [5.74, 6) is 1.68. The normalized spacial score (nSPS) is 16.3. The largest absolute Gasteiger partial charge is 0.492 e. The van der Waals surface area contributed by atoms with Gasteiger partial charge in [0.2, 0.25) is 0 Å². The average Bonchev–Trinajstić information content (AvgIpc) is 2.71. The maximum absolute atomic E-state index is 11.4. The highest BCUT2D eigenvalue weighted by Gasteiger charge is 2.11. The topological polar surface area (TPSA) is 92.3 Å². The highest BCUT2D eigenvalue weighted by atomic mass is 127. The second kappa shape index (κ2) is 14.9. The van der Waals surface area contributed by atoms with Crippen molar-refractivity contribution in [2.75, 3.05) is 58.0 Å². The monoisotopic (exact) mass is 568 g/mol. The van der Waals surface area contributed by atoms with Crippen molar-refractivity contribution in [1.29, 1.82) is 0 Å². The molecule has 0 saturated carbocycles. The Kier molecular flexibility index (Phi) is 13.4. The first kappa shape index (κ1) is 27.9. The summed E-state index contributed by atoms with van der Waals surface area (Å²) in [7, 11) is -2.97. The molecule has 2 N–H and O–H groups in total. The summed E-state index contributed by atoms with van der Waals surface area (Å²) in [6.07, 6.45) is 1.80. The molecule has 1 fully saturated rings. The summed E-state index contributed by atoms with van der Waals surface area (Å²) in [6, 6.07) is 7.98. The van der Waals surface area contributed by atoms with Gasteiger partial charge in [-0.2, -0.15) is 0 Å². The van der Waals surface area contributed by atoms with Crippen molar-refractivity contribution >= 4 is 39.8 Å². The number of rotatable bonds is 11. The van der Waals surface area contributed by atoms with E-state index in [0.717, 1.165) is 50.7 Å². The minimum Gasteiger partial charge on any atom is -0.492 e. The van der Waals surface area contributed by atoms with E-state index in [1.807, 2.05) is 38.1 Å². The molecule has 1 aromatic rings. The molecule has 2 rings (SSSR count). The Morgan fingerprint density at radius 3 is 2.74 bits per heavy atom. The lowest BCUT2D eigenvalue weighted by atomic mass is 10.2. The van der Waals surface area contributed by atoms with Crippen LogP contribution >= 0.6 is 24.0 Å². The van der Waals surface area contributed by atoms with Gasteiger partial charge in [-0.25, -0.2) is 13.4 Å². The van der Waals surface area contributed by atoms with E-state index >= 15 is 0 Å². The number of nitrogens with one attached hydrogen (secondary N) is 2. The maximum Gasteiger partial charge on any atom is 0.191 e. The van der Waals surface area contributed by atoms with Crippen molar-refractivity contribution < 1.29 is 17.9 Å². The molecular weight excluding hydrogens is 531 g/mol. The van der Waals surface area contributed by atoms with Crippen LogP contribution in [0, 0.1) is 0 Å². The number of hydrogen-bond donors (Lipinski definition) is 2. The molecule has 1 heterocycles. The molecule has 178 valence electrons. The molecule has 0 spiro atoms. The summed E-state index contributed by atoms with van der Waals surface area (Å²) in [5.41, 5.74) is 1.06. The van der Waals surface area contributed by atoms with Crippen molar-refractivity contribution in [2.45, 2.75) is 32.9 Å². The first-order valence-electron chi connectivity index (χ1n) is 10.6. The van der Waals surface area contributed by atoms with Crippen LogP contribution in [-0.2, 0) is 21.1 Å². The Balaban J connectivity index is 0.00000480. The predicted molar refractivity (Wildman–Crippen MR) is 136 cm³/mol. The minimum atomic E-state index is -2.97. The second-order valence-corrected chi connectivity index (χ2v) is 9.87. The molecule has 0 bridgehead atoms. The molecule has 1 aliphatic heterocycles. The van der Waals surface area contributed by atoms with Gasteiger partial charge in [-0.15, -0.1) is 24.0 Å². The molecule has 1 saturated heterocycles. The summed E-state index contributed by atoms with van der Waals surface area (Å²) >= 11 is 0. The van der Waals surface area contributed by atoms with Crippen LogP contribution in [0.3, 0.4) is 0 Å². The van der Waals surface area contributed by atoms with Crippen LogP contribution in [0.5, 0.6) is 5.75 Å². The molecule has 0 aliphatic carbocycles. The molecule has 1 atom stereocenters. The van der Waals surface area contributed by atoms with Crippen LogP contribution in [0.25, 0.3) is 0 Å². The number of guanidine groups is 1. The average molecular weight is 569 g/mol. The van der Waals surface area contributed by atoms with Crippen LogP contribution < -0.4 is 15.4 Å². The first-order chi connectivity index (χ1) is 14.4. The molecule has 8 nitrogen and oxygen atoms in total. The fourth-order valence-electron chi connectivity index (χ4n) is 3.04. The van der Waals surface area contributed by atoms with Crippen molar-refractivity contribution in [3.63, 3.8) is 0 Å². The zero-order valence-corrected chi connectivity index (χ0v) is 21.9. The van der Waals surface area contributed by atoms with Gasteiger partial charge < -0.3 is 20.1 Å². The summed E-state index contributed by atoms with van der Waals surface area (Å²) in [5, 5.41) is 6.48. The standard InChI is InChI=1S/C21H36N4O4S.HI/c1-4-22-21(24-18(2)8-15-30(3,26)27)23-17-19-6-5-7-20(16-19)29-14-11-25-9-12-28-13-10-25;/h5-7,16,18H,4,8-15,17H2,1-3H3,(H2,22,23,24);1H. The third-order valence-electron chi connectivity index (χ3n) is 4.75. The van der Waals surface area contributed by atoms with E-state index < -0.39 is 9.84 Å². The number of benzene rings is 1. The number of sulfone groups is 1. The molecule has 0 amide bonds. The van der Waals surface area contributed by atoms with Crippen molar-refractivity contribution in [3.05, 3.63) is 29.8 Å². The minimum absolute atomic E-state index is 0. The highest BCUT2D eigenvalue weighted by Crippen LogP contribution is 2.14. The third-order valence-corrected chi connectivity index (χ3v) is 5.72. The Morgan fingerprint density at radius 1 is 1.32 bits per heavy atom. The highest BCUT2D eigenvalue weighted by molar-refractivity contribution is 14.0. The molecule has 1 aliphatic rings. The van der Waals surface area contributed by atoms with E-state index in [4.69, 9.17) is 9.47 Å². The lowest BCUT2D eigenvalue weighted by Crippen LogP contribution is -2.42. The van der Waals surface area contributed by atoms with Gasteiger partial charge in [0, 0.05) is 38.5 Å². The van der Waals surface area contributed by atoms with Gasteiger partial charge in [-0.05, 0) is 38.0 Å². The fraction of sp³-hybridized carbons (Fsp3) is 0.667. The predicted octanol–water partition coefficient (Wildman–Crippen LogP) is 1.89. The Labute approximate surface area is 204 Å². The maximum atomic E-state index is 11.4. The van der Waals surface area contributed by atoms with Gasteiger partial charge in [-0.3, -0.25) is 4.90 Å². The van der Waals surface area contributed by atoms with E-state index in [0.29, 0.717) is 25.5 Å². The van der Waals surface area contributed by atoms with Gasteiger partial charge in [0.15, 0.2) is 5.96 Å². The van der Waals surface area contributed by atoms with Crippen LogP contribution in [0.15, 0.2) is 29.3 Å². The quantitative estimate of drug-likeness (QED) is 0.239. The Hall–Kier alpha value is -1.11. The summed E-state index contributed by atoms with van der Waals surface area (Å²) < 4.78 is 34.0. The van der Waals surface area contributed by atoms with Crippen molar-refractivity contribution in [2.24, 2.45) is 4.99 Å². The van der Waals surface area contributed by atoms with E-state index in [1.165, 1.54) is 6.26 Å². The van der Waals surface area contributed by atoms with Crippen molar-refractivity contribution in [3.8, 4) is 5.75 Å². The van der Waals surface area contributed by atoms with Crippen LogP contribution in [-0.4, -0.2) is 83.3 Å². The fourth-order valence-corrected chi connectivity index (χ4v) is 3.82. The van der Waals surface area contributed by atoms with Crippen molar-refractivity contribution in [1.82, 2.24) is 15.5 Å². The Morgan fingerprint density at radius 2 is 2.06 bits per heavy atom. The van der Waals surface area contributed by atoms with Crippen LogP contribution in [0.4, 0.5) is 0 Å². The van der Waals surface area contributed by atoms with Gasteiger partial charge in [0.05, 0.1) is 25.5 Å². The number of aliphatic imine (C=N–C) groups is 1.